The van der Waals surface area contributed by atoms with Crippen molar-refractivity contribution in [3.63, 3.8) is 0 Å². The molecular weight excluding hydrogens is 298 g/mol. The standard InChI is InChI=1S/C9H9Br2NO/c1-13-9-5-2-3-12-8(5)6(10)4-7(9)11/h4,12H,2-3H2,1H3. The third-order valence-electron chi connectivity index (χ3n) is 2.17. The summed E-state index contributed by atoms with van der Waals surface area (Å²) in [5.41, 5.74) is 2.42. The van der Waals surface area contributed by atoms with Gasteiger partial charge in [0.15, 0.2) is 0 Å². The number of anilines is 1. The topological polar surface area (TPSA) is 21.3 Å². The predicted octanol–water partition coefficient (Wildman–Crippen LogP) is 3.19. The summed E-state index contributed by atoms with van der Waals surface area (Å²) < 4.78 is 7.43. The van der Waals surface area contributed by atoms with Crippen LogP contribution in [0.5, 0.6) is 5.75 Å². The van der Waals surface area contributed by atoms with Crippen molar-refractivity contribution in [1.29, 1.82) is 0 Å². The molecule has 0 saturated heterocycles. The maximum absolute atomic E-state index is 5.34. The lowest BCUT2D eigenvalue weighted by molar-refractivity contribution is 0.408. The minimum Gasteiger partial charge on any atom is -0.495 e. The van der Waals surface area contributed by atoms with Crippen molar-refractivity contribution in [3.05, 3.63) is 20.6 Å². The van der Waals surface area contributed by atoms with E-state index < -0.39 is 0 Å². The van der Waals surface area contributed by atoms with E-state index in [0.717, 1.165) is 27.7 Å². The van der Waals surface area contributed by atoms with E-state index in [1.54, 1.807) is 7.11 Å². The fourth-order valence-electron chi connectivity index (χ4n) is 1.61. The third-order valence-corrected chi connectivity index (χ3v) is 3.38. The van der Waals surface area contributed by atoms with Crippen molar-refractivity contribution >= 4 is 37.5 Å². The second kappa shape index (κ2) is 3.50. The second-order valence-electron chi connectivity index (χ2n) is 2.90. The molecule has 1 N–H and O–H groups in total. The van der Waals surface area contributed by atoms with Crippen LogP contribution in [0, 0.1) is 0 Å². The molecular formula is C9H9Br2NO. The quantitative estimate of drug-likeness (QED) is 0.860. The van der Waals surface area contributed by atoms with Gasteiger partial charge in [-0.15, -0.1) is 0 Å². The summed E-state index contributed by atoms with van der Waals surface area (Å²) in [5, 5.41) is 3.32. The molecule has 1 aliphatic rings. The Labute approximate surface area is 93.9 Å². The SMILES string of the molecule is COc1c(Br)cc(Br)c2c1CCN2. The van der Waals surface area contributed by atoms with Crippen molar-refractivity contribution in [2.24, 2.45) is 0 Å². The molecule has 70 valence electrons. The van der Waals surface area contributed by atoms with Crippen molar-refractivity contribution < 1.29 is 4.74 Å². The third kappa shape index (κ3) is 1.46. The second-order valence-corrected chi connectivity index (χ2v) is 4.61. The minimum absolute atomic E-state index is 0.947. The average molecular weight is 307 g/mol. The Morgan fingerprint density at radius 2 is 2.15 bits per heavy atom. The van der Waals surface area contributed by atoms with E-state index in [0.29, 0.717) is 0 Å². The Hall–Kier alpha value is -0.220. The van der Waals surface area contributed by atoms with Gasteiger partial charge in [-0.05, 0) is 44.3 Å². The van der Waals surface area contributed by atoms with Gasteiger partial charge in [-0.3, -0.25) is 0 Å². The highest BCUT2D eigenvalue weighted by molar-refractivity contribution is 9.11. The Morgan fingerprint density at radius 1 is 1.38 bits per heavy atom. The van der Waals surface area contributed by atoms with Crippen LogP contribution in [0.15, 0.2) is 15.0 Å². The molecule has 0 fully saturated rings. The van der Waals surface area contributed by atoms with Gasteiger partial charge in [0.05, 0.1) is 17.3 Å². The molecule has 0 radical (unpaired) electrons. The maximum atomic E-state index is 5.34. The zero-order chi connectivity index (χ0) is 9.42. The number of halogens is 2. The number of rotatable bonds is 1. The van der Waals surface area contributed by atoms with Crippen LogP contribution in [0.25, 0.3) is 0 Å². The molecule has 1 aliphatic heterocycles. The summed E-state index contributed by atoms with van der Waals surface area (Å²) in [6.07, 6.45) is 1.02. The first-order valence-corrected chi connectivity index (χ1v) is 5.61. The Morgan fingerprint density at radius 3 is 2.85 bits per heavy atom. The number of fused-ring (bicyclic) bond motifs is 1. The molecule has 2 rings (SSSR count). The number of benzene rings is 1. The highest BCUT2D eigenvalue weighted by Gasteiger charge is 2.20. The first-order valence-electron chi connectivity index (χ1n) is 4.02. The Bertz CT molecular complexity index is 352. The molecule has 13 heavy (non-hydrogen) atoms. The first kappa shape index (κ1) is 9.34. The van der Waals surface area contributed by atoms with Gasteiger partial charge in [0.1, 0.15) is 5.75 Å². The normalized spacial score (nSPS) is 13.8. The molecule has 1 aromatic rings. The molecule has 0 saturated carbocycles. The monoisotopic (exact) mass is 305 g/mol. The molecule has 1 heterocycles. The number of hydrogen-bond donors (Lipinski definition) is 1. The van der Waals surface area contributed by atoms with Crippen LogP contribution < -0.4 is 10.1 Å². The molecule has 0 bridgehead atoms. The van der Waals surface area contributed by atoms with Gasteiger partial charge >= 0.3 is 0 Å². The number of hydrogen-bond acceptors (Lipinski definition) is 2. The summed E-state index contributed by atoms with van der Waals surface area (Å²) in [5.74, 6) is 0.947. The fourth-order valence-corrected chi connectivity index (χ4v) is 3.16. The van der Waals surface area contributed by atoms with E-state index >= 15 is 0 Å². The zero-order valence-corrected chi connectivity index (χ0v) is 10.3. The van der Waals surface area contributed by atoms with Crippen LogP contribution in [0.1, 0.15) is 5.56 Å². The zero-order valence-electron chi connectivity index (χ0n) is 7.16. The van der Waals surface area contributed by atoms with E-state index in [-0.39, 0.29) is 0 Å². The lowest BCUT2D eigenvalue weighted by Crippen LogP contribution is -1.92. The summed E-state index contributed by atoms with van der Waals surface area (Å²) in [6, 6.07) is 2.01. The van der Waals surface area contributed by atoms with E-state index in [4.69, 9.17) is 4.74 Å². The van der Waals surface area contributed by atoms with Gasteiger partial charge in [-0.2, -0.15) is 0 Å². The molecule has 0 spiro atoms. The summed E-state index contributed by atoms with van der Waals surface area (Å²) in [4.78, 5) is 0. The van der Waals surface area contributed by atoms with Crippen LogP contribution in [0.2, 0.25) is 0 Å². The Kier molecular flexibility index (Phi) is 2.51. The minimum atomic E-state index is 0.947. The summed E-state index contributed by atoms with van der Waals surface area (Å²) in [7, 11) is 1.70. The summed E-state index contributed by atoms with van der Waals surface area (Å²) in [6.45, 7) is 0.987. The lowest BCUT2D eigenvalue weighted by atomic mass is 10.1. The molecule has 0 unspecified atom stereocenters. The summed E-state index contributed by atoms with van der Waals surface area (Å²) >= 11 is 6.99. The molecule has 0 aromatic heterocycles. The van der Waals surface area contributed by atoms with Crippen molar-refractivity contribution in [1.82, 2.24) is 0 Å². The van der Waals surface area contributed by atoms with Crippen LogP contribution in [-0.2, 0) is 6.42 Å². The first-order chi connectivity index (χ1) is 6.24. The van der Waals surface area contributed by atoms with E-state index in [9.17, 15) is 0 Å². The van der Waals surface area contributed by atoms with Gasteiger partial charge in [-0.25, -0.2) is 0 Å². The van der Waals surface area contributed by atoms with E-state index in [1.807, 2.05) is 6.07 Å². The lowest BCUT2D eigenvalue weighted by Gasteiger charge is -2.10. The van der Waals surface area contributed by atoms with E-state index in [1.165, 1.54) is 11.3 Å². The number of nitrogens with one attached hydrogen (secondary N) is 1. The van der Waals surface area contributed by atoms with Crippen LogP contribution in [0.4, 0.5) is 5.69 Å². The molecule has 0 aliphatic carbocycles. The predicted molar refractivity (Wildman–Crippen MR) is 60.6 cm³/mol. The maximum Gasteiger partial charge on any atom is 0.138 e. The van der Waals surface area contributed by atoms with Crippen LogP contribution in [0.3, 0.4) is 0 Å². The van der Waals surface area contributed by atoms with Crippen molar-refractivity contribution in [2.75, 3.05) is 19.0 Å². The average Bonchev–Trinajstić information content (AvgIpc) is 2.53. The van der Waals surface area contributed by atoms with E-state index in [2.05, 4.69) is 37.2 Å². The largest absolute Gasteiger partial charge is 0.495 e. The molecule has 0 amide bonds. The highest BCUT2D eigenvalue weighted by atomic mass is 79.9. The number of ether oxygens (including phenoxy) is 1. The highest BCUT2D eigenvalue weighted by Crippen LogP contribution is 2.42. The van der Waals surface area contributed by atoms with Crippen LogP contribution in [-0.4, -0.2) is 13.7 Å². The Balaban J connectivity index is 2.65. The number of methoxy groups -OCH3 is 1. The smallest absolute Gasteiger partial charge is 0.138 e. The van der Waals surface area contributed by atoms with Gasteiger partial charge < -0.3 is 10.1 Å². The van der Waals surface area contributed by atoms with Gasteiger partial charge in [0, 0.05) is 16.6 Å². The van der Waals surface area contributed by atoms with Crippen molar-refractivity contribution in [3.8, 4) is 5.75 Å². The van der Waals surface area contributed by atoms with Crippen LogP contribution >= 0.6 is 31.9 Å². The molecule has 4 heteroatoms. The molecule has 0 atom stereocenters. The van der Waals surface area contributed by atoms with Crippen molar-refractivity contribution in [2.45, 2.75) is 6.42 Å². The van der Waals surface area contributed by atoms with Gasteiger partial charge in [0.25, 0.3) is 0 Å². The molecule has 2 nitrogen and oxygen atoms in total. The fraction of sp³-hybridized carbons (Fsp3) is 0.333. The van der Waals surface area contributed by atoms with Gasteiger partial charge in [0.2, 0.25) is 0 Å². The van der Waals surface area contributed by atoms with Gasteiger partial charge in [-0.1, -0.05) is 0 Å². The molecule has 1 aromatic carbocycles.